The molecule has 0 spiro atoms. The third-order valence-corrected chi connectivity index (χ3v) is 7.34. The quantitative estimate of drug-likeness (QED) is 0.851. The van der Waals surface area contributed by atoms with Crippen LogP contribution in [-0.4, -0.2) is 43.8 Å². The van der Waals surface area contributed by atoms with Gasteiger partial charge in [-0.2, -0.15) is 4.31 Å². The fraction of sp³-hybridized carbons (Fsp3) is 0.412. The highest BCUT2D eigenvalue weighted by Gasteiger charge is 2.30. The van der Waals surface area contributed by atoms with Crippen molar-refractivity contribution in [3.05, 3.63) is 52.2 Å². The van der Waals surface area contributed by atoms with E-state index in [1.165, 1.54) is 4.88 Å². The van der Waals surface area contributed by atoms with Crippen molar-refractivity contribution in [1.29, 1.82) is 0 Å². The Kier molecular flexibility index (Phi) is 4.87. The van der Waals surface area contributed by atoms with Crippen LogP contribution in [0.25, 0.3) is 0 Å². The Morgan fingerprint density at radius 1 is 1.09 bits per heavy atom. The predicted octanol–water partition coefficient (Wildman–Crippen LogP) is 3.12. The van der Waals surface area contributed by atoms with Crippen molar-refractivity contribution >= 4 is 21.4 Å². The summed E-state index contributed by atoms with van der Waals surface area (Å²) in [7, 11) is -3.38. The normalized spacial score (nSPS) is 18.9. The minimum absolute atomic E-state index is 0.346. The van der Waals surface area contributed by atoms with Gasteiger partial charge < -0.3 is 0 Å². The number of benzene rings is 1. The first kappa shape index (κ1) is 16.6. The van der Waals surface area contributed by atoms with Crippen molar-refractivity contribution in [3.63, 3.8) is 0 Å². The molecule has 0 aliphatic carbocycles. The van der Waals surface area contributed by atoms with Crippen LogP contribution >= 0.6 is 11.3 Å². The fourth-order valence-corrected chi connectivity index (χ4v) is 5.31. The predicted molar refractivity (Wildman–Crippen MR) is 94.2 cm³/mol. The number of sulfonamides is 1. The number of hydrogen-bond acceptors (Lipinski definition) is 4. The molecule has 0 bridgehead atoms. The van der Waals surface area contributed by atoms with E-state index < -0.39 is 10.0 Å². The summed E-state index contributed by atoms with van der Waals surface area (Å²) in [6, 6.07) is 11.7. The van der Waals surface area contributed by atoms with E-state index >= 15 is 0 Å². The molecule has 1 atom stereocenters. The van der Waals surface area contributed by atoms with Crippen LogP contribution in [0.15, 0.2) is 46.7 Å². The maximum atomic E-state index is 12.8. The first-order valence-electron chi connectivity index (χ1n) is 7.83. The van der Waals surface area contributed by atoms with E-state index in [4.69, 9.17) is 0 Å². The summed E-state index contributed by atoms with van der Waals surface area (Å²) < 4.78 is 27.1. The van der Waals surface area contributed by atoms with Gasteiger partial charge in [0.2, 0.25) is 10.0 Å². The Hall–Kier alpha value is -1.21. The van der Waals surface area contributed by atoms with Gasteiger partial charge in [0.25, 0.3) is 0 Å². The van der Waals surface area contributed by atoms with E-state index in [0.29, 0.717) is 24.0 Å². The molecule has 4 nitrogen and oxygen atoms in total. The Balaban J connectivity index is 1.69. The van der Waals surface area contributed by atoms with E-state index in [9.17, 15) is 8.42 Å². The summed E-state index contributed by atoms with van der Waals surface area (Å²) in [6.45, 7) is 6.74. The smallest absolute Gasteiger partial charge is 0.243 e. The van der Waals surface area contributed by atoms with Gasteiger partial charge in [-0.1, -0.05) is 18.2 Å². The summed E-state index contributed by atoms with van der Waals surface area (Å²) in [5.74, 6) is 0. The minimum atomic E-state index is -3.38. The topological polar surface area (TPSA) is 40.6 Å². The molecular formula is C17H22N2O2S2. The zero-order valence-electron chi connectivity index (χ0n) is 13.5. The summed E-state index contributed by atoms with van der Waals surface area (Å²) in [4.78, 5) is 4.09. The van der Waals surface area contributed by atoms with Gasteiger partial charge in [0.05, 0.1) is 4.90 Å². The molecule has 1 unspecified atom stereocenters. The number of nitrogens with zero attached hydrogens (tertiary/aromatic N) is 2. The van der Waals surface area contributed by atoms with Crippen LogP contribution in [0.2, 0.25) is 0 Å². The molecule has 1 aliphatic heterocycles. The molecule has 6 heteroatoms. The van der Waals surface area contributed by atoms with Crippen LogP contribution in [0, 0.1) is 6.92 Å². The van der Waals surface area contributed by atoms with E-state index in [2.05, 4.69) is 29.3 Å². The Bertz CT molecular complexity index is 749. The van der Waals surface area contributed by atoms with E-state index in [1.54, 1.807) is 33.8 Å². The zero-order valence-corrected chi connectivity index (χ0v) is 15.1. The highest BCUT2D eigenvalue weighted by Crippen LogP contribution is 2.27. The van der Waals surface area contributed by atoms with Crippen LogP contribution < -0.4 is 0 Å². The van der Waals surface area contributed by atoms with Crippen molar-refractivity contribution in [2.24, 2.45) is 0 Å². The molecular weight excluding hydrogens is 328 g/mol. The molecule has 1 aromatic heterocycles. The maximum Gasteiger partial charge on any atom is 0.243 e. The maximum absolute atomic E-state index is 12.8. The lowest BCUT2D eigenvalue weighted by Gasteiger charge is -2.37. The third-order valence-electron chi connectivity index (χ3n) is 4.40. The van der Waals surface area contributed by atoms with Gasteiger partial charge in [0.1, 0.15) is 0 Å². The second-order valence-corrected chi connectivity index (χ2v) is 8.87. The molecule has 1 fully saturated rings. The van der Waals surface area contributed by atoms with Crippen molar-refractivity contribution < 1.29 is 8.42 Å². The van der Waals surface area contributed by atoms with Gasteiger partial charge in [-0.3, -0.25) is 4.90 Å². The lowest BCUT2D eigenvalue weighted by molar-refractivity contribution is 0.147. The molecule has 3 rings (SSSR count). The number of piperazine rings is 1. The lowest BCUT2D eigenvalue weighted by atomic mass is 10.2. The molecule has 1 aliphatic rings. The average Bonchev–Trinajstić information content (AvgIpc) is 3.09. The van der Waals surface area contributed by atoms with Crippen LogP contribution in [0.4, 0.5) is 0 Å². The molecule has 2 heterocycles. The first-order chi connectivity index (χ1) is 11.0. The lowest BCUT2D eigenvalue weighted by Crippen LogP contribution is -2.49. The van der Waals surface area contributed by atoms with Crippen molar-refractivity contribution in [3.8, 4) is 0 Å². The molecule has 124 valence electrons. The second-order valence-electron chi connectivity index (χ2n) is 5.95. The SMILES string of the molecule is Cc1cccc(S(=O)(=O)N2CCN(C(C)c3cccs3)CC2)c1. The van der Waals surface area contributed by atoms with E-state index in [0.717, 1.165) is 18.7 Å². The van der Waals surface area contributed by atoms with Gasteiger partial charge >= 0.3 is 0 Å². The molecule has 2 aromatic rings. The molecule has 0 amide bonds. The largest absolute Gasteiger partial charge is 0.293 e. The second kappa shape index (κ2) is 6.73. The van der Waals surface area contributed by atoms with E-state index in [1.807, 2.05) is 13.0 Å². The van der Waals surface area contributed by atoms with Crippen molar-refractivity contribution in [1.82, 2.24) is 9.21 Å². The standard InChI is InChI=1S/C17H22N2O2S2/c1-14-5-3-6-16(13-14)23(20,21)19-10-8-18(9-11-19)15(2)17-7-4-12-22-17/h3-7,12-13,15H,8-11H2,1-2H3. The van der Waals surface area contributed by atoms with Crippen molar-refractivity contribution in [2.75, 3.05) is 26.2 Å². The minimum Gasteiger partial charge on any atom is -0.293 e. The van der Waals surface area contributed by atoms with Crippen LogP contribution in [-0.2, 0) is 10.0 Å². The average molecular weight is 351 g/mol. The van der Waals surface area contributed by atoms with Crippen molar-refractivity contribution in [2.45, 2.75) is 24.8 Å². The number of thiophene rings is 1. The monoisotopic (exact) mass is 350 g/mol. The molecule has 0 radical (unpaired) electrons. The number of hydrogen-bond donors (Lipinski definition) is 0. The fourth-order valence-electron chi connectivity index (χ4n) is 2.97. The summed E-state index contributed by atoms with van der Waals surface area (Å²) in [6.07, 6.45) is 0. The first-order valence-corrected chi connectivity index (χ1v) is 10.1. The highest BCUT2D eigenvalue weighted by atomic mass is 32.2. The Labute approximate surface area is 142 Å². The van der Waals surface area contributed by atoms with Gasteiger partial charge in [-0.05, 0) is 43.0 Å². The summed E-state index contributed by atoms with van der Waals surface area (Å²) in [5, 5.41) is 2.09. The third kappa shape index (κ3) is 3.50. The Morgan fingerprint density at radius 2 is 1.83 bits per heavy atom. The molecule has 1 aromatic carbocycles. The molecule has 0 N–H and O–H groups in total. The van der Waals surface area contributed by atoms with E-state index in [-0.39, 0.29) is 0 Å². The van der Waals surface area contributed by atoms with Gasteiger partial charge in [0.15, 0.2) is 0 Å². The summed E-state index contributed by atoms with van der Waals surface area (Å²) >= 11 is 1.76. The van der Waals surface area contributed by atoms with Crippen LogP contribution in [0.3, 0.4) is 0 Å². The zero-order chi connectivity index (χ0) is 16.4. The molecule has 23 heavy (non-hydrogen) atoms. The van der Waals surface area contributed by atoms with Gasteiger partial charge in [-0.25, -0.2) is 8.42 Å². The number of rotatable bonds is 4. The molecule has 1 saturated heterocycles. The molecule has 0 saturated carbocycles. The number of aryl methyl sites for hydroxylation is 1. The highest BCUT2D eigenvalue weighted by molar-refractivity contribution is 7.89. The Morgan fingerprint density at radius 3 is 2.43 bits per heavy atom. The summed E-state index contributed by atoms with van der Waals surface area (Å²) in [5.41, 5.74) is 0.969. The van der Waals surface area contributed by atoms with Gasteiger partial charge in [0, 0.05) is 37.1 Å². The van der Waals surface area contributed by atoms with Gasteiger partial charge in [-0.15, -0.1) is 11.3 Å². The van der Waals surface area contributed by atoms with Crippen LogP contribution in [0.5, 0.6) is 0 Å². The van der Waals surface area contributed by atoms with Crippen LogP contribution in [0.1, 0.15) is 23.4 Å².